The van der Waals surface area contributed by atoms with E-state index in [1.54, 1.807) is 5.38 Å². The predicted molar refractivity (Wildman–Crippen MR) is 63.6 cm³/mol. The van der Waals surface area contributed by atoms with E-state index >= 15 is 0 Å². The van der Waals surface area contributed by atoms with E-state index in [0.717, 1.165) is 18.2 Å². The van der Waals surface area contributed by atoms with Gasteiger partial charge in [0, 0.05) is 13.1 Å². The standard InChI is InChI=1S/C11H18N2OS/c1-11(2)4-3-6-13(7-5-11)10-12-9(14)8-15-10/h8,14H,3-7H2,1-2H3. The molecule has 4 heteroatoms. The van der Waals surface area contributed by atoms with Gasteiger partial charge in [0.15, 0.2) is 5.13 Å². The van der Waals surface area contributed by atoms with Gasteiger partial charge in [0.05, 0.1) is 5.38 Å². The third kappa shape index (κ3) is 2.62. The Kier molecular flexibility index (Phi) is 2.87. The maximum atomic E-state index is 9.23. The quantitative estimate of drug-likeness (QED) is 0.800. The summed E-state index contributed by atoms with van der Waals surface area (Å²) in [5, 5.41) is 11.9. The van der Waals surface area contributed by atoms with Gasteiger partial charge in [-0.3, -0.25) is 0 Å². The van der Waals surface area contributed by atoms with Crippen molar-refractivity contribution in [2.24, 2.45) is 5.41 Å². The molecule has 0 atom stereocenters. The van der Waals surface area contributed by atoms with Crippen LogP contribution >= 0.6 is 11.3 Å². The smallest absolute Gasteiger partial charge is 0.223 e. The first-order valence-electron chi connectivity index (χ1n) is 5.46. The Bertz CT molecular complexity index is 335. The highest BCUT2D eigenvalue weighted by molar-refractivity contribution is 7.13. The molecular weight excluding hydrogens is 208 g/mol. The molecule has 2 rings (SSSR count). The molecule has 1 N–H and O–H groups in total. The van der Waals surface area contributed by atoms with Crippen molar-refractivity contribution in [3.63, 3.8) is 0 Å². The molecule has 0 amide bonds. The topological polar surface area (TPSA) is 36.4 Å². The van der Waals surface area contributed by atoms with Gasteiger partial charge in [-0.25, -0.2) is 0 Å². The maximum Gasteiger partial charge on any atom is 0.223 e. The molecule has 0 spiro atoms. The van der Waals surface area contributed by atoms with Crippen molar-refractivity contribution >= 4 is 16.5 Å². The molecular formula is C11H18N2OS. The van der Waals surface area contributed by atoms with Crippen molar-refractivity contribution in [2.75, 3.05) is 18.0 Å². The lowest BCUT2D eigenvalue weighted by atomic mass is 9.85. The SMILES string of the molecule is CC1(C)CCCN(c2nc(O)cs2)CC1. The van der Waals surface area contributed by atoms with Crippen LogP contribution in [-0.4, -0.2) is 23.2 Å². The molecule has 15 heavy (non-hydrogen) atoms. The van der Waals surface area contributed by atoms with Crippen molar-refractivity contribution in [3.8, 4) is 5.88 Å². The Balaban J connectivity index is 2.05. The molecule has 2 heterocycles. The van der Waals surface area contributed by atoms with Crippen LogP contribution in [0.1, 0.15) is 33.1 Å². The first-order valence-corrected chi connectivity index (χ1v) is 6.34. The molecule has 0 bridgehead atoms. The fourth-order valence-electron chi connectivity index (χ4n) is 2.02. The summed E-state index contributed by atoms with van der Waals surface area (Å²) in [6.07, 6.45) is 3.70. The molecule has 3 nitrogen and oxygen atoms in total. The zero-order valence-corrected chi connectivity index (χ0v) is 10.2. The Morgan fingerprint density at radius 2 is 2.20 bits per heavy atom. The monoisotopic (exact) mass is 226 g/mol. The van der Waals surface area contributed by atoms with Crippen LogP contribution in [0.5, 0.6) is 5.88 Å². The first kappa shape index (κ1) is 10.7. The second kappa shape index (κ2) is 4.00. The molecule has 1 aliphatic heterocycles. The van der Waals surface area contributed by atoms with Crippen LogP contribution in [0.4, 0.5) is 5.13 Å². The minimum atomic E-state index is 0.151. The van der Waals surface area contributed by atoms with Gasteiger partial charge in [-0.1, -0.05) is 13.8 Å². The number of hydrogen-bond donors (Lipinski definition) is 1. The van der Waals surface area contributed by atoms with Crippen LogP contribution in [0.2, 0.25) is 0 Å². The van der Waals surface area contributed by atoms with Crippen LogP contribution in [0, 0.1) is 5.41 Å². The third-order valence-electron chi connectivity index (χ3n) is 3.09. The summed E-state index contributed by atoms with van der Waals surface area (Å²) in [7, 11) is 0. The third-order valence-corrected chi connectivity index (χ3v) is 3.98. The van der Waals surface area contributed by atoms with E-state index in [-0.39, 0.29) is 5.88 Å². The number of rotatable bonds is 1. The number of anilines is 1. The molecule has 1 aromatic heterocycles. The average molecular weight is 226 g/mol. The number of thiazole rings is 1. The minimum Gasteiger partial charge on any atom is -0.493 e. The van der Waals surface area contributed by atoms with Crippen LogP contribution in [0.3, 0.4) is 0 Å². The fourth-order valence-corrected chi connectivity index (χ4v) is 2.76. The Morgan fingerprint density at radius 1 is 1.40 bits per heavy atom. The van der Waals surface area contributed by atoms with E-state index in [2.05, 4.69) is 23.7 Å². The Hall–Kier alpha value is -0.770. The van der Waals surface area contributed by atoms with E-state index in [1.165, 1.54) is 30.6 Å². The van der Waals surface area contributed by atoms with Gasteiger partial charge in [0.1, 0.15) is 0 Å². The summed E-state index contributed by atoms with van der Waals surface area (Å²) in [6, 6.07) is 0. The molecule has 84 valence electrons. The summed E-state index contributed by atoms with van der Waals surface area (Å²) in [5.74, 6) is 0.151. The highest BCUT2D eigenvalue weighted by atomic mass is 32.1. The number of hydrogen-bond acceptors (Lipinski definition) is 4. The zero-order valence-electron chi connectivity index (χ0n) is 9.36. The fraction of sp³-hybridized carbons (Fsp3) is 0.727. The van der Waals surface area contributed by atoms with Gasteiger partial charge in [-0.15, -0.1) is 11.3 Å². The van der Waals surface area contributed by atoms with Gasteiger partial charge in [-0.2, -0.15) is 4.98 Å². The molecule has 0 saturated carbocycles. The predicted octanol–water partition coefficient (Wildman–Crippen LogP) is 2.87. The summed E-state index contributed by atoms with van der Waals surface area (Å²) in [4.78, 5) is 6.41. The molecule has 0 aliphatic carbocycles. The summed E-state index contributed by atoms with van der Waals surface area (Å²) >= 11 is 1.53. The van der Waals surface area contributed by atoms with Gasteiger partial charge in [0.2, 0.25) is 5.88 Å². The Morgan fingerprint density at radius 3 is 2.87 bits per heavy atom. The average Bonchev–Trinajstić information content (AvgIpc) is 2.49. The van der Waals surface area contributed by atoms with E-state index in [4.69, 9.17) is 0 Å². The maximum absolute atomic E-state index is 9.23. The lowest BCUT2D eigenvalue weighted by molar-refractivity contribution is 0.325. The minimum absolute atomic E-state index is 0.151. The molecule has 0 radical (unpaired) electrons. The summed E-state index contributed by atoms with van der Waals surface area (Å²) in [6.45, 7) is 6.78. The van der Waals surface area contributed by atoms with E-state index in [1.807, 2.05) is 0 Å². The van der Waals surface area contributed by atoms with Crippen LogP contribution < -0.4 is 4.90 Å². The van der Waals surface area contributed by atoms with E-state index in [9.17, 15) is 5.11 Å². The lowest BCUT2D eigenvalue weighted by Gasteiger charge is -2.22. The van der Waals surface area contributed by atoms with E-state index < -0.39 is 0 Å². The molecule has 1 fully saturated rings. The summed E-state index contributed by atoms with van der Waals surface area (Å²) in [5.41, 5.74) is 0.452. The van der Waals surface area contributed by atoms with Crippen LogP contribution in [0.15, 0.2) is 5.38 Å². The van der Waals surface area contributed by atoms with E-state index in [0.29, 0.717) is 5.41 Å². The van der Waals surface area contributed by atoms with Crippen molar-refractivity contribution in [3.05, 3.63) is 5.38 Å². The van der Waals surface area contributed by atoms with Crippen LogP contribution in [-0.2, 0) is 0 Å². The van der Waals surface area contributed by atoms with Crippen LogP contribution in [0.25, 0.3) is 0 Å². The van der Waals surface area contributed by atoms with Gasteiger partial charge in [0.25, 0.3) is 0 Å². The second-order valence-corrected chi connectivity index (χ2v) is 5.83. The molecule has 1 aromatic rings. The highest BCUT2D eigenvalue weighted by Gasteiger charge is 2.24. The first-order chi connectivity index (χ1) is 7.07. The normalized spacial score (nSPS) is 21.3. The zero-order chi connectivity index (χ0) is 10.9. The largest absolute Gasteiger partial charge is 0.493 e. The molecule has 1 saturated heterocycles. The number of nitrogens with zero attached hydrogens (tertiary/aromatic N) is 2. The molecule has 0 unspecified atom stereocenters. The lowest BCUT2D eigenvalue weighted by Crippen LogP contribution is -2.24. The van der Waals surface area contributed by atoms with Gasteiger partial charge in [-0.05, 0) is 24.7 Å². The van der Waals surface area contributed by atoms with Gasteiger partial charge < -0.3 is 10.0 Å². The van der Waals surface area contributed by atoms with Gasteiger partial charge >= 0.3 is 0 Å². The molecule has 0 aromatic carbocycles. The highest BCUT2D eigenvalue weighted by Crippen LogP contribution is 2.33. The number of aromatic hydroxyl groups is 1. The van der Waals surface area contributed by atoms with Crippen molar-refractivity contribution in [2.45, 2.75) is 33.1 Å². The van der Waals surface area contributed by atoms with Crippen molar-refractivity contribution in [1.82, 2.24) is 4.98 Å². The number of aromatic nitrogens is 1. The second-order valence-electron chi connectivity index (χ2n) is 4.99. The molecule has 1 aliphatic rings. The van der Waals surface area contributed by atoms with Crippen molar-refractivity contribution < 1.29 is 5.11 Å². The summed E-state index contributed by atoms with van der Waals surface area (Å²) < 4.78 is 0. The van der Waals surface area contributed by atoms with Crippen molar-refractivity contribution in [1.29, 1.82) is 0 Å². The Labute approximate surface area is 94.8 Å².